The molecule has 1 heterocycles. The minimum atomic E-state index is 0.167. The molecule has 18 heavy (non-hydrogen) atoms. The molecular formula is C13H25N3O2. The summed E-state index contributed by atoms with van der Waals surface area (Å²) in [5.41, 5.74) is 0. The molecule has 2 N–H and O–H groups in total. The van der Waals surface area contributed by atoms with Crippen LogP contribution in [0, 0.1) is 0 Å². The number of aliphatic imine (C=N–C) groups is 1. The summed E-state index contributed by atoms with van der Waals surface area (Å²) in [5, 5.41) is 6.44. The van der Waals surface area contributed by atoms with Gasteiger partial charge in [-0.05, 0) is 19.8 Å². The maximum absolute atomic E-state index is 11.1. The van der Waals surface area contributed by atoms with Crippen LogP contribution in [0.5, 0.6) is 0 Å². The van der Waals surface area contributed by atoms with Gasteiger partial charge in [0.05, 0.1) is 7.11 Å². The highest BCUT2D eigenvalue weighted by Gasteiger charge is 2.21. The zero-order valence-electron chi connectivity index (χ0n) is 11.7. The van der Waals surface area contributed by atoms with Crippen molar-refractivity contribution in [3.63, 3.8) is 0 Å². The molecule has 5 heteroatoms. The third kappa shape index (κ3) is 5.04. The summed E-state index contributed by atoms with van der Waals surface area (Å²) in [5.74, 6) is 0.965. The third-order valence-electron chi connectivity index (χ3n) is 3.22. The highest BCUT2D eigenvalue weighted by atomic mass is 16.5. The number of methoxy groups -OCH3 is 1. The molecule has 1 aliphatic heterocycles. The summed E-state index contributed by atoms with van der Waals surface area (Å²) >= 11 is 0. The standard InChI is InChI=1S/C13H25N3O2/c1-4-10(8-13(18-3)14-5-2)15-9-11-6-7-12(17)16-11/h10-11,15H,4-9H2,1-3H3,(H,16,17)/t10?,11-/m0/s1. The lowest BCUT2D eigenvalue weighted by Crippen LogP contribution is -2.41. The normalized spacial score (nSPS) is 21.8. The van der Waals surface area contributed by atoms with E-state index in [0.717, 1.165) is 38.2 Å². The van der Waals surface area contributed by atoms with E-state index in [2.05, 4.69) is 22.5 Å². The number of rotatable bonds is 7. The molecule has 1 fully saturated rings. The van der Waals surface area contributed by atoms with E-state index < -0.39 is 0 Å². The molecule has 0 aromatic carbocycles. The van der Waals surface area contributed by atoms with Crippen molar-refractivity contribution in [2.75, 3.05) is 20.2 Å². The van der Waals surface area contributed by atoms with E-state index in [0.29, 0.717) is 12.5 Å². The second-order valence-electron chi connectivity index (χ2n) is 4.59. The Bertz CT molecular complexity index is 292. The monoisotopic (exact) mass is 255 g/mol. The lowest BCUT2D eigenvalue weighted by molar-refractivity contribution is -0.119. The van der Waals surface area contributed by atoms with Crippen molar-refractivity contribution in [2.45, 2.75) is 51.6 Å². The van der Waals surface area contributed by atoms with Gasteiger partial charge in [-0.3, -0.25) is 9.79 Å². The van der Waals surface area contributed by atoms with Gasteiger partial charge in [0.2, 0.25) is 5.91 Å². The van der Waals surface area contributed by atoms with Crippen molar-refractivity contribution < 1.29 is 9.53 Å². The Morgan fingerprint density at radius 3 is 2.89 bits per heavy atom. The van der Waals surface area contributed by atoms with Gasteiger partial charge in [0, 0.05) is 38.0 Å². The van der Waals surface area contributed by atoms with Crippen molar-refractivity contribution in [2.24, 2.45) is 4.99 Å². The summed E-state index contributed by atoms with van der Waals surface area (Å²) in [6.07, 6.45) is 3.42. The van der Waals surface area contributed by atoms with E-state index in [1.807, 2.05) is 6.92 Å². The van der Waals surface area contributed by atoms with Crippen molar-refractivity contribution >= 4 is 11.8 Å². The molecule has 0 aliphatic carbocycles. The van der Waals surface area contributed by atoms with Crippen molar-refractivity contribution in [1.29, 1.82) is 0 Å². The van der Waals surface area contributed by atoms with Crippen molar-refractivity contribution in [1.82, 2.24) is 10.6 Å². The first-order valence-corrected chi connectivity index (χ1v) is 6.79. The molecule has 1 unspecified atom stereocenters. The maximum atomic E-state index is 11.1. The van der Waals surface area contributed by atoms with Gasteiger partial charge in [-0.2, -0.15) is 0 Å². The van der Waals surface area contributed by atoms with E-state index in [1.54, 1.807) is 7.11 Å². The van der Waals surface area contributed by atoms with Crippen LogP contribution >= 0.6 is 0 Å². The SMILES string of the molecule is CCN=C(CC(CC)NC[C@@H]1CCC(=O)N1)OC. The molecule has 1 saturated heterocycles. The summed E-state index contributed by atoms with van der Waals surface area (Å²) in [6.45, 7) is 5.72. The van der Waals surface area contributed by atoms with Gasteiger partial charge in [0.1, 0.15) is 0 Å². The molecule has 0 aromatic rings. The van der Waals surface area contributed by atoms with E-state index in [-0.39, 0.29) is 11.9 Å². The van der Waals surface area contributed by atoms with Gasteiger partial charge in [-0.1, -0.05) is 6.92 Å². The Balaban J connectivity index is 2.32. The van der Waals surface area contributed by atoms with Crippen LogP contribution in [0.4, 0.5) is 0 Å². The van der Waals surface area contributed by atoms with Crippen LogP contribution in [-0.4, -0.2) is 44.1 Å². The quantitative estimate of drug-likeness (QED) is 0.529. The predicted octanol–water partition coefficient (Wildman–Crippen LogP) is 1.09. The molecule has 2 atom stereocenters. The number of nitrogens with one attached hydrogen (secondary N) is 2. The van der Waals surface area contributed by atoms with Crippen LogP contribution in [0.2, 0.25) is 0 Å². The van der Waals surface area contributed by atoms with Gasteiger partial charge in [0.25, 0.3) is 0 Å². The number of carbonyl (C=O) groups is 1. The lowest BCUT2D eigenvalue weighted by atomic mass is 10.1. The van der Waals surface area contributed by atoms with E-state index in [4.69, 9.17) is 4.74 Å². The number of nitrogens with zero attached hydrogens (tertiary/aromatic N) is 1. The highest BCUT2D eigenvalue weighted by Crippen LogP contribution is 2.07. The Labute approximate surface area is 109 Å². The number of hydrogen-bond donors (Lipinski definition) is 2. The molecule has 0 radical (unpaired) electrons. The molecule has 5 nitrogen and oxygen atoms in total. The van der Waals surface area contributed by atoms with Crippen LogP contribution in [0.25, 0.3) is 0 Å². The Kier molecular flexibility index (Phi) is 6.72. The van der Waals surface area contributed by atoms with Crippen LogP contribution in [0.1, 0.15) is 39.5 Å². The molecule has 0 spiro atoms. The maximum Gasteiger partial charge on any atom is 0.220 e. The van der Waals surface area contributed by atoms with Crippen LogP contribution in [0.3, 0.4) is 0 Å². The molecule has 0 aromatic heterocycles. The zero-order chi connectivity index (χ0) is 13.4. The predicted molar refractivity (Wildman–Crippen MR) is 72.8 cm³/mol. The first kappa shape index (κ1) is 15.0. The Hall–Kier alpha value is -1.10. The van der Waals surface area contributed by atoms with Crippen LogP contribution < -0.4 is 10.6 Å². The van der Waals surface area contributed by atoms with E-state index in [9.17, 15) is 4.79 Å². The molecule has 1 rings (SSSR count). The molecule has 1 aliphatic rings. The zero-order valence-corrected chi connectivity index (χ0v) is 11.7. The number of hydrogen-bond acceptors (Lipinski definition) is 4. The number of ether oxygens (including phenoxy) is 1. The number of carbonyl (C=O) groups excluding carboxylic acids is 1. The molecule has 1 amide bonds. The van der Waals surface area contributed by atoms with Gasteiger partial charge < -0.3 is 15.4 Å². The average molecular weight is 255 g/mol. The first-order valence-electron chi connectivity index (χ1n) is 6.79. The minimum Gasteiger partial charge on any atom is -0.484 e. The van der Waals surface area contributed by atoms with Gasteiger partial charge in [-0.25, -0.2) is 0 Å². The summed E-state index contributed by atoms with van der Waals surface area (Å²) in [6, 6.07) is 0.633. The second kappa shape index (κ2) is 8.08. The molecule has 104 valence electrons. The van der Waals surface area contributed by atoms with E-state index >= 15 is 0 Å². The first-order chi connectivity index (χ1) is 8.69. The second-order valence-corrected chi connectivity index (χ2v) is 4.59. The topological polar surface area (TPSA) is 62.7 Å². The van der Waals surface area contributed by atoms with Gasteiger partial charge in [-0.15, -0.1) is 0 Å². The van der Waals surface area contributed by atoms with Gasteiger partial charge >= 0.3 is 0 Å². The minimum absolute atomic E-state index is 0.167. The third-order valence-corrected chi connectivity index (χ3v) is 3.22. The average Bonchev–Trinajstić information content (AvgIpc) is 2.79. The fourth-order valence-electron chi connectivity index (χ4n) is 2.10. The Morgan fingerprint density at radius 1 is 1.61 bits per heavy atom. The molecule has 0 saturated carbocycles. The van der Waals surface area contributed by atoms with Crippen LogP contribution in [0.15, 0.2) is 4.99 Å². The lowest BCUT2D eigenvalue weighted by Gasteiger charge is -2.20. The van der Waals surface area contributed by atoms with Crippen molar-refractivity contribution in [3.8, 4) is 0 Å². The largest absolute Gasteiger partial charge is 0.484 e. The fourth-order valence-corrected chi connectivity index (χ4v) is 2.10. The smallest absolute Gasteiger partial charge is 0.220 e. The fraction of sp³-hybridized carbons (Fsp3) is 0.846. The van der Waals surface area contributed by atoms with E-state index in [1.165, 1.54) is 0 Å². The van der Waals surface area contributed by atoms with Gasteiger partial charge in [0.15, 0.2) is 5.90 Å². The highest BCUT2D eigenvalue weighted by molar-refractivity contribution is 5.78. The molecule has 0 bridgehead atoms. The van der Waals surface area contributed by atoms with Crippen molar-refractivity contribution in [3.05, 3.63) is 0 Å². The molecular weight excluding hydrogens is 230 g/mol. The summed E-state index contributed by atoms with van der Waals surface area (Å²) in [4.78, 5) is 15.4. The number of amides is 1. The Morgan fingerprint density at radius 2 is 2.39 bits per heavy atom. The summed E-state index contributed by atoms with van der Waals surface area (Å²) < 4.78 is 5.25. The summed E-state index contributed by atoms with van der Waals surface area (Å²) in [7, 11) is 1.67. The van der Waals surface area contributed by atoms with Crippen LogP contribution in [-0.2, 0) is 9.53 Å².